The molecule has 1 heterocycles. The number of aromatic nitrogens is 2. The highest BCUT2D eigenvalue weighted by atomic mass is 35.5. The van der Waals surface area contributed by atoms with E-state index in [0.29, 0.717) is 24.2 Å². The Bertz CT molecular complexity index is 369. The zero-order valence-electron chi connectivity index (χ0n) is 10.1. The van der Waals surface area contributed by atoms with Gasteiger partial charge in [0.1, 0.15) is 17.6 Å². The summed E-state index contributed by atoms with van der Waals surface area (Å²) in [6.07, 6.45) is 3.99. The van der Waals surface area contributed by atoms with Gasteiger partial charge in [0.2, 0.25) is 0 Å². The maximum Gasteiger partial charge on any atom is 0.158 e. The lowest BCUT2D eigenvalue weighted by Crippen LogP contribution is -2.21. The molecule has 94 valence electrons. The van der Waals surface area contributed by atoms with Gasteiger partial charge < -0.3 is 10.1 Å². The number of nitrogens with one attached hydrogen (secondary N) is 1. The monoisotopic (exact) mass is 255 g/mol. The average Bonchev–Trinajstić information content (AvgIpc) is 2.23. The molecule has 1 aromatic rings. The molecule has 0 aromatic carbocycles. The second-order valence-electron chi connectivity index (χ2n) is 4.31. The molecule has 1 N–H and O–H groups in total. The van der Waals surface area contributed by atoms with Crippen molar-refractivity contribution in [2.24, 2.45) is 5.92 Å². The summed E-state index contributed by atoms with van der Waals surface area (Å²) in [5.74, 6) is 2.22. The van der Waals surface area contributed by atoms with Gasteiger partial charge >= 0.3 is 0 Å². The molecule has 1 aliphatic carbocycles. The van der Waals surface area contributed by atoms with Crippen molar-refractivity contribution in [3.8, 4) is 0 Å². The first kappa shape index (κ1) is 12.6. The van der Waals surface area contributed by atoms with E-state index < -0.39 is 0 Å². The summed E-state index contributed by atoms with van der Waals surface area (Å²) in [4.78, 5) is 8.49. The van der Waals surface area contributed by atoms with E-state index in [9.17, 15) is 0 Å². The third-order valence-electron chi connectivity index (χ3n) is 2.97. The summed E-state index contributed by atoms with van der Waals surface area (Å²) in [7, 11) is 0. The fourth-order valence-electron chi connectivity index (χ4n) is 1.76. The van der Waals surface area contributed by atoms with E-state index in [2.05, 4.69) is 15.3 Å². The van der Waals surface area contributed by atoms with E-state index in [0.717, 1.165) is 18.3 Å². The largest absolute Gasteiger partial charge is 0.374 e. The van der Waals surface area contributed by atoms with Gasteiger partial charge in [-0.25, -0.2) is 9.97 Å². The summed E-state index contributed by atoms with van der Waals surface area (Å²) >= 11 is 5.95. The third-order valence-corrected chi connectivity index (χ3v) is 3.17. The van der Waals surface area contributed by atoms with Crippen molar-refractivity contribution in [3.63, 3.8) is 0 Å². The Kier molecular flexibility index (Phi) is 4.57. The summed E-state index contributed by atoms with van der Waals surface area (Å²) in [5.41, 5.74) is 0. The minimum atomic E-state index is 0.412. The van der Waals surface area contributed by atoms with Crippen molar-refractivity contribution in [3.05, 3.63) is 17.0 Å². The second kappa shape index (κ2) is 6.17. The smallest absolute Gasteiger partial charge is 0.158 e. The minimum absolute atomic E-state index is 0.412. The minimum Gasteiger partial charge on any atom is -0.374 e. The predicted octanol–water partition coefficient (Wildman–Crippen LogP) is 2.88. The number of rotatable bonds is 6. The first-order valence-electron chi connectivity index (χ1n) is 6.13. The van der Waals surface area contributed by atoms with Crippen LogP contribution < -0.4 is 5.32 Å². The Balaban J connectivity index is 1.92. The van der Waals surface area contributed by atoms with Crippen molar-refractivity contribution in [1.82, 2.24) is 9.97 Å². The lowest BCUT2D eigenvalue weighted by Gasteiger charge is -2.25. The van der Waals surface area contributed by atoms with Crippen molar-refractivity contribution < 1.29 is 4.74 Å². The van der Waals surface area contributed by atoms with Gasteiger partial charge in [-0.2, -0.15) is 0 Å². The number of anilines is 1. The highest BCUT2D eigenvalue weighted by Crippen LogP contribution is 2.26. The maximum atomic E-state index is 5.95. The average molecular weight is 256 g/mol. The topological polar surface area (TPSA) is 47.0 Å². The standard InChI is InChI=1S/C12H18ClN3O/c1-2-17-8-12-15-10(13)6-11(16-12)14-7-9-4-3-5-9/h6,9H,2-5,7-8H2,1H3,(H,14,15,16). The van der Waals surface area contributed by atoms with Gasteiger partial charge in [0.15, 0.2) is 5.82 Å². The zero-order chi connectivity index (χ0) is 12.1. The molecule has 5 heteroatoms. The van der Waals surface area contributed by atoms with Crippen LogP contribution in [-0.2, 0) is 11.3 Å². The molecule has 4 nitrogen and oxygen atoms in total. The van der Waals surface area contributed by atoms with E-state index in [4.69, 9.17) is 16.3 Å². The van der Waals surface area contributed by atoms with Crippen molar-refractivity contribution >= 4 is 17.4 Å². The first-order valence-corrected chi connectivity index (χ1v) is 6.51. The normalized spacial score (nSPS) is 15.6. The molecule has 17 heavy (non-hydrogen) atoms. The molecule has 0 aliphatic heterocycles. The van der Waals surface area contributed by atoms with Crippen LogP contribution in [0.15, 0.2) is 6.07 Å². The Hall–Kier alpha value is -0.870. The Morgan fingerprint density at radius 3 is 2.94 bits per heavy atom. The van der Waals surface area contributed by atoms with Crippen LogP contribution in [0.2, 0.25) is 5.15 Å². The van der Waals surface area contributed by atoms with Crippen LogP contribution in [0.3, 0.4) is 0 Å². The molecule has 0 spiro atoms. The number of ether oxygens (including phenoxy) is 1. The van der Waals surface area contributed by atoms with Crippen LogP contribution in [0.1, 0.15) is 32.0 Å². The molecule has 2 rings (SSSR count). The number of hydrogen-bond acceptors (Lipinski definition) is 4. The molecular formula is C12H18ClN3O. The van der Waals surface area contributed by atoms with Gasteiger partial charge in [0, 0.05) is 19.2 Å². The van der Waals surface area contributed by atoms with Crippen molar-refractivity contribution in [1.29, 1.82) is 0 Å². The van der Waals surface area contributed by atoms with Crippen LogP contribution >= 0.6 is 11.6 Å². The van der Waals surface area contributed by atoms with E-state index in [1.54, 1.807) is 6.07 Å². The van der Waals surface area contributed by atoms with Gasteiger partial charge in [-0.3, -0.25) is 0 Å². The molecule has 1 aliphatic rings. The van der Waals surface area contributed by atoms with Gasteiger partial charge in [-0.1, -0.05) is 18.0 Å². The summed E-state index contributed by atoms with van der Waals surface area (Å²) < 4.78 is 5.28. The van der Waals surface area contributed by atoms with Crippen LogP contribution in [0.25, 0.3) is 0 Å². The lowest BCUT2D eigenvalue weighted by atomic mass is 9.85. The van der Waals surface area contributed by atoms with Gasteiger partial charge in [0.05, 0.1) is 0 Å². The lowest BCUT2D eigenvalue weighted by molar-refractivity contribution is 0.128. The first-order chi connectivity index (χ1) is 8.28. The molecule has 1 fully saturated rings. The van der Waals surface area contributed by atoms with Crippen LogP contribution in [-0.4, -0.2) is 23.1 Å². The highest BCUT2D eigenvalue weighted by Gasteiger charge is 2.17. The molecule has 0 bridgehead atoms. The SMILES string of the molecule is CCOCc1nc(Cl)cc(NCC2CCC2)n1. The maximum absolute atomic E-state index is 5.95. The van der Waals surface area contributed by atoms with Gasteiger partial charge in [0.25, 0.3) is 0 Å². The van der Waals surface area contributed by atoms with Crippen molar-refractivity contribution in [2.45, 2.75) is 32.8 Å². The molecule has 0 amide bonds. The predicted molar refractivity (Wildman–Crippen MR) is 68.2 cm³/mol. The van der Waals surface area contributed by atoms with Gasteiger partial charge in [-0.15, -0.1) is 0 Å². The third kappa shape index (κ3) is 3.82. The second-order valence-corrected chi connectivity index (χ2v) is 4.69. The number of halogens is 1. The van der Waals surface area contributed by atoms with E-state index in [-0.39, 0.29) is 0 Å². The summed E-state index contributed by atoms with van der Waals surface area (Å²) in [6.45, 7) is 3.98. The van der Waals surface area contributed by atoms with E-state index in [1.165, 1.54) is 19.3 Å². The summed E-state index contributed by atoms with van der Waals surface area (Å²) in [5, 5.41) is 3.78. The highest BCUT2D eigenvalue weighted by molar-refractivity contribution is 6.29. The zero-order valence-corrected chi connectivity index (χ0v) is 10.8. The molecule has 0 saturated heterocycles. The Morgan fingerprint density at radius 1 is 1.47 bits per heavy atom. The molecule has 0 radical (unpaired) electrons. The number of hydrogen-bond donors (Lipinski definition) is 1. The molecular weight excluding hydrogens is 238 g/mol. The Morgan fingerprint density at radius 2 is 2.29 bits per heavy atom. The fourth-order valence-corrected chi connectivity index (χ4v) is 1.96. The number of nitrogens with zero attached hydrogens (tertiary/aromatic N) is 2. The molecule has 1 aromatic heterocycles. The van der Waals surface area contributed by atoms with Crippen LogP contribution in [0.4, 0.5) is 5.82 Å². The molecule has 1 saturated carbocycles. The van der Waals surface area contributed by atoms with Crippen molar-refractivity contribution in [2.75, 3.05) is 18.5 Å². The van der Waals surface area contributed by atoms with Crippen LogP contribution in [0, 0.1) is 5.92 Å². The molecule has 0 unspecified atom stereocenters. The quantitative estimate of drug-likeness (QED) is 0.794. The fraction of sp³-hybridized carbons (Fsp3) is 0.667. The van der Waals surface area contributed by atoms with Crippen LogP contribution in [0.5, 0.6) is 0 Å². The van der Waals surface area contributed by atoms with E-state index >= 15 is 0 Å². The van der Waals surface area contributed by atoms with Gasteiger partial charge in [-0.05, 0) is 25.7 Å². The summed E-state index contributed by atoms with van der Waals surface area (Å²) in [6, 6.07) is 1.76. The Labute approximate surface area is 107 Å². The van der Waals surface area contributed by atoms with E-state index in [1.807, 2.05) is 6.92 Å². The molecule has 0 atom stereocenters.